The molecule has 4 aliphatic carbocycles. The van der Waals surface area contributed by atoms with Gasteiger partial charge < -0.3 is 14.9 Å². The van der Waals surface area contributed by atoms with Crippen molar-refractivity contribution >= 4 is 5.78 Å². The summed E-state index contributed by atoms with van der Waals surface area (Å²) >= 11 is 0. The van der Waals surface area contributed by atoms with Gasteiger partial charge in [-0.25, -0.2) is 0 Å². The van der Waals surface area contributed by atoms with E-state index < -0.39 is 11.9 Å². The summed E-state index contributed by atoms with van der Waals surface area (Å²) in [7, 11) is 0. The van der Waals surface area contributed by atoms with Gasteiger partial charge >= 0.3 is 0 Å². The second kappa shape index (κ2) is 5.08. The van der Waals surface area contributed by atoms with Crippen molar-refractivity contribution in [2.24, 2.45) is 40.4 Å². The topological polar surface area (TPSA) is 66.8 Å². The molecule has 5 fully saturated rings. The smallest absolute Gasteiger partial charge is 0.192 e. The van der Waals surface area contributed by atoms with Crippen molar-refractivity contribution in [3.05, 3.63) is 0 Å². The maximum absolute atomic E-state index is 12.7. The van der Waals surface area contributed by atoms with Crippen molar-refractivity contribution < 1.29 is 19.7 Å². The molecule has 25 heavy (non-hydrogen) atoms. The fraction of sp³-hybridized carbons (Fsp3) is 0.952. The molecule has 0 amide bonds. The molecule has 140 valence electrons. The lowest BCUT2D eigenvalue weighted by Gasteiger charge is -2.60. The van der Waals surface area contributed by atoms with E-state index in [0.717, 1.165) is 32.1 Å². The third-order valence-electron chi connectivity index (χ3n) is 9.49. The lowest BCUT2D eigenvalue weighted by molar-refractivity contribution is -0.242. The normalized spacial score (nSPS) is 60.1. The zero-order valence-corrected chi connectivity index (χ0v) is 15.5. The highest BCUT2D eigenvalue weighted by atomic mass is 16.6. The van der Waals surface area contributed by atoms with Gasteiger partial charge in [0.2, 0.25) is 0 Å². The van der Waals surface area contributed by atoms with E-state index in [1.807, 2.05) is 0 Å². The van der Waals surface area contributed by atoms with Gasteiger partial charge in [-0.1, -0.05) is 13.8 Å². The lowest BCUT2D eigenvalue weighted by atomic mass is 9.44. The van der Waals surface area contributed by atoms with E-state index in [0.29, 0.717) is 48.9 Å². The molecule has 4 unspecified atom stereocenters. The van der Waals surface area contributed by atoms with Gasteiger partial charge in [0.1, 0.15) is 11.9 Å². The summed E-state index contributed by atoms with van der Waals surface area (Å²) in [5.41, 5.74) is 0.214. The van der Waals surface area contributed by atoms with Crippen LogP contribution in [0.2, 0.25) is 0 Å². The van der Waals surface area contributed by atoms with Crippen LogP contribution in [0.15, 0.2) is 0 Å². The van der Waals surface area contributed by atoms with Gasteiger partial charge in [-0.15, -0.1) is 0 Å². The van der Waals surface area contributed by atoms with Gasteiger partial charge in [-0.2, -0.15) is 0 Å². The predicted molar refractivity (Wildman–Crippen MR) is 92.5 cm³/mol. The average Bonchev–Trinajstić information content (AvgIpc) is 3.02. The maximum Gasteiger partial charge on any atom is 0.192 e. The van der Waals surface area contributed by atoms with Crippen LogP contribution in [-0.4, -0.2) is 34.5 Å². The summed E-state index contributed by atoms with van der Waals surface area (Å²) in [6, 6.07) is 0. The number of ketones is 1. The highest BCUT2D eigenvalue weighted by Crippen LogP contribution is 2.69. The first-order valence-electron chi connectivity index (χ1n) is 10.4. The van der Waals surface area contributed by atoms with Gasteiger partial charge in [0.15, 0.2) is 5.79 Å². The van der Waals surface area contributed by atoms with Crippen LogP contribution in [0, 0.1) is 40.4 Å². The van der Waals surface area contributed by atoms with E-state index in [9.17, 15) is 15.0 Å². The molecular weight excluding hydrogens is 316 g/mol. The van der Waals surface area contributed by atoms with E-state index >= 15 is 0 Å². The van der Waals surface area contributed by atoms with E-state index in [-0.39, 0.29) is 16.7 Å². The molecule has 0 aromatic rings. The minimum absolute atomic E-state index is 0.0333. The molecule has 1 aliphatic heterocycles. The Morgan fingerprint density at radius 2 is 2.04 bits per heavy atom. The van der Waals surface area contributed by atoms with Crippen LogP contribution in [0.1, 0.15) is 65.2 Å². The van der Waals surface area contributed by atoms with Crippen LogP contribution in [0.5, 0.6) is 0 Å². The number of carbonyl (C=O) groups excluding carboxylic acids is 1. The first-order valence-corrected chi connectivity index (χ1v) is 10.4. The molecule has 0 aromatic heterocycles. The number of Topliss-reactive ketones (excluding diaryl/α,β-unsaturated/α-hetero) is 1. The van der Waals surface area contributed by atoms with Gasteiger partial charge in [-0.3, -0.25) is 4.79 Å². The Labute approximate surface area is 150 Å². The van der Waals surface area contributed by atoms with Crippen molar-refractivity contribution in [1.82, 2.24) is 0 Å². The van der Waals surface area contributed by atoms with Crippen molar-refractivity contribution in [2.45, 2.75) is 77.1 Å². The van der Waals surface area contributed by atoms with E-state index in [2.05, 4.69) is 13.8 Å². The number of aliphatic hydroxyl groups excluding tert-OH is 1. The number of ether oxygens (including phenoxy) is 1. The zero-order chi connectivity index (χ0) is 17.6. The highest BCUT2D eigenvalue weighted by molar-refractivity contribution is 5.84. The van der Waals surface area contributed by atoms with Crippen molar-refractivity contribution in [3.8, 4) is 0 Å². The Balaban J connectivity index is 1.50. The van der Waals surface area contributed by atoms with E-state index in [1.54, 1.807) is 0 Å². The number of fused-ring (bicyclic) bond motifs is 4. The molecule has 2 N–H and O–H groups in total. The predicted octanol–water partition coefficient (Wildman–Crippen LogP) is 2.90. The quantitative estimate of drug-likeness (QED) is 0.765. The Bertz CT molecular complexity index is 605. The third-order valence-corrected chi connectivity index (χ3v) is 9.49. The van der Waals surface area contributed by atoms with Crippen LogP contribution in [0.3, 0.4) is 0 Å². The largest absolute Gasteiger partial charge is 0.388 e. The molecule has 4 heteroatoms. The number of rotatable bonds is 1. The van der Waals surface area contributed by atoms with E-state index in [1.165, 1.54) is 6.42 Å². The van der Waals surface area contributed by atoms with E-state index in [4.69, 9.17) is 4.74 Å². The van der Waals surface area contributed by atoms with Gasteiger partial charge in [-0.05, 0) is 67.6 Å². The molecule has 4 saturated carbocycles. The van der Waals surface area contributed by atoms with Gasteiger partial charge in [0.25, 0.3) is 0 Å². The monoisotopic (exact) mass is 348 g/mol. The molecule has 1 heterocycles. The SMILES string of the molecule is CC[C@H]1C(=O)CC2C3CCC4C[C@@H](O)[C@]5(O)C[C@]4(CO5)C3CC[C@@]21C. The molecule has 1 saturated heterocycles. The fourth-order valence-electron chi connectivity index (χ4n) is 8.33. The zero-order valence-electron chi connectivity index (χ0n) is 15.5. The fourth-order valence-corrected chi connectivity index (χ4v) is 8.33. The Morgan fingerprint density at radius 3 is 2.80 bits per heavy atom. The number of carbonyl (C=O) groups is 1. The summed E-state index contributed by atoms with van der Waals surface area (Å²) in [6.07, 6.45) is 6.89. The summed E-state index contributed by atoms with van der Waals surface area (Å²) < 4.78 is 5.82. The highest BCUT2D eigenvalue weighted by Gasteiger charge is 2.68. The Morgan fingerprint density at radius 1 is 1.24 bits per heavy atom. The standard InChI is InChI=1S/C21H32O4/c1-3-14-17(22)9-16-13-5-4-12-8-18(23)21(24)10-20(12,11-25-21)15(13)6-7-19(14,16)2/h12-16,18,23-24H,3-11H2,1-2H3/t12?,13?,14-,15?,16?,18+,19+,20+,21-/m0/s1. The summed E-state index contributed by atoms with van der Waals surface area (Å²) in [6.45, 7) is 5.15. The molecule has 5 rings (SSSR count). The van der Waals surface area contributed by atoms with Crippen LogP contribution in [0.25, 0.3) is 0 Å². The second-order valence-electron chi connectivity index (χ2n) is 10.1. The molecular formula is C21H32O4. The molecule has 2 bridgehead atoms. The maximum atomic E-state index is 12.7. The number of aliphatic hydroxyl groups is 2. The summed E-state index contributed by atoms with van der Waals surface area (Å²) in [5, 5.41) is 21.1. The Kier molecular flexibility index (Phi) is 3.39. The lowest BCUT2D eigenvalue weighted by Crippen LogP contribution is -2.58. The Hall–Kier alpha value is -0.450. The van der Waals surface area contributed by atoms with Crippen molar-refractivity contribution in [1.29, 1.82) is 0 Å². The summed E-state index contributed by atoms with van der Waals surface area (Å²) in [5.74, 6) is 1.55. The molecule has 4 nitrogen and oxygen atoms in total. The first kappa shape index (κ1) is 16.7. The molecule has 9 atom stereocenters. The minimum atomic E-state index is -1.32. The summed E-state index contributed by atoms with van der Waals surface area (Å²) in [4.78, 5) is 12.7. The number of hydrogen-bond donors (Lipinski definition) is 2. The van der Waals surface area contributed by atoms with Gasteiger partial charge in [0, 0.05) is 24.2 Å². The van der Waals surface area contributed by atoms with Crippen molar-refractivity contribution in [3.63, 3.8) is 0 Å². The molecule has 0 aromatic carbocycles. The van der Waals surface area contributed by atoms with Crippen molar-refractivity contribution in [2.75, 3.05) is 6.61 Å². The second-order valence-corrected chi connectivity index (χ2v) is 10.1. The molecule has 5 aliphatic rings. The molecule has 1 spiro atoms. The third kappa shape index (κ3) is 1.92. The minimum Gasteiger partial charge on any atom is -0.388 e. The van der Waals surface area contributed by atoms with Crippen LogP contribution in [-0.2, 0) is 9.53 Å². The average molecular weight is 348 g/mol. The molecule has 0 radical (unpaired) electrons. The number of hydrogen-bond acceptors (Lipinski definition) is 4. The van der Waals surface area contributed by atoms with Gasteiger partial charge in [0.05, 0.1) is 6.61 Å². The van der Waals surface area contributed by atoms with Crippen LogP contribution < -0.4 is 0 Å². The first-order chi connectivity index (χ1) is 11.8. The van der Waals surface area contributed by atoms with Crippen LogP contribution in [0.4, 0.5) is 0 Å². The van der Waals surface area contributed by atoms with Crippen LogP contribution >= 0.6 is 0 Å².